The lowest BCUT2D eigenvalue weighted by Crippen LogP contribution is -2.25. The lowest BCUT2D eigenvalue weighted by Gasteiger charge is -2.22. The topological polar surface area (TPSA) is 61.8 Å². The molecule has 0 spiro atoms. The molecule has 0 N–H and O–H groups in total. The summed E-state index contributed by atoms with van der Waals surface area (Å²) >= 11 is 0. The number of rotatable bonds is 4. The molecule has 1 aliphatic heterocycles. The minimum atomic E-state index is -0.545. The first-order valence-electron chi connectivity index (χ1n) is 6.46. The van der Waals surface area contributed by atoms with Crippen molar-refractivity contribution in [3.8, 4) is 5.75 Å². The molecule has 1 unspecified atom stereocenters. The molecule has 5 heteroatoms. The fourth-order valence-corrected chi connectivity index (χ4v) is 1.81. The van der Waals surface area contributed by atoms with Gasteiger partial charge in [-0.25, -0.2) is 9.59 Å². The Bertz CT molecular complexity index is 485. The molecule has 106 valence electrons. The first kappa shape index (κ1) is 14.3. The van der Waals surface area contributed by atoms with Crippen molar-refractivity contribution in [3.63, 3.8) is 0 Å². The maximum Gasteiger partial charge on any atom is 0.340 e. The number of ether oxygens (including phenoxy) is 3. The molecule has 0 aromatic heterocycles. The molecule has 0 bridgehead atoms. The van der Waals surface area contributed by atoms with Gasteiger partial charge < -0.3 is 14.2 Å². The molecule has 5 nitrogen and oxygen atoms in total. The Balaban J connectivity index is 1.92. The zero-order valence-corrected chi connectivity index (χ0v) is 11.0. The molecule has 1 atom stereocenters. The maximum absolute atomic E-state index is 11.9. The van der Waals surface area contributed by atoms with Crippen LogP contribution in [0.2, 0.25) is 0 Å². The highest BCUT2D eigenvalue weighted by molar-refractivity contribution is 5.90. The van der Waals surface area contributed by atoms with Crippen LogP contribution in [0.4, 0.5) is 0 Å². The summed E-state index contributed by atoms with van der Waals surface area (Å²) in [6.45, 7) is 3.92. The molecule has 20 heavy (non-hydrogen) atoms. The monoisotopic (exact) mass is 276 g/mol. The van der Waals surface area contributed by atoms with E-state index >= 15 is 0 Å². The second-order valence-corrected chi connectivity index (χ2v) is 4.35. The van der Waals surface area contributed by atoms with E-state index in [1.54, 1.807) is 0 Å². The van der Waals surface area contributed by atoms with Gasteiger partial charge in [0.15, 0.2) is 0 Å². The molecular weight excluding hydrogens is 260 g/mol. The summed E-state index contributed by atoms with van der Waals surface area (Å²) in [4.78, 5) is 22.9. The van der Waals surface area contributed by atoms with E-state index in [9.17, 15) is 9.59 Å². The molecule has 1 fully saturated rings. The second-order valence-electron chi connectivity index (χ2n) is 4.35. The van der Waals surface area contributed by atoms with Crippen LogP contribution in [0.3, 0.4) is 0 Å². The number of hydrogen-bond donors (Lipinski definition) is 0. The van der Waals surface area contributed by atoms with Gasteiger partial charge in [0.05, 0.1) is 12.2 Å². The Labute approximate surface area is 117 Å². The largest absolute Gasteiger partial charge is 0.432 e. The van der Waals surface area contributed by atoms with E-state index in [0.717, 1.165) is 25.3 Å². The first-order valence-corrected chi connectivity index (χ1v) is 6.46. The van der Waals surface area contributed by atoms with E-state index in [1.165, 1.54) is 24.3 Å². The van der Waals surface area contributed by atoms with E-state index in [-0.39, 0.29) is 0 Å². The van der Waals surface area contributed by atoms with Crippen LogP contribution in [0.1, 0.15) is 29.6 Å². The third-order valence-electron chi connectivity index (χ3n) is 2.85. The average Bonchev–Trinajstić information content (AvgIpc) is 2.49. The van der Waals surface area contributed by atoms with E-state index in [4.69, 9.17) is 14.2 Å². The van der Waals surface area contributed by atoms with E-state index in [1.807, 2.05) is 0 Å². The molecule has 0 radical (unpaired) electrons. The Morgan fingerprint density at radius 3 is 2.60 bits per heavy atom. The highest BCUT2D eigenvalue weighted by atomic mass is 16.7. The van der Waals surface area contributed by atoms with Crippen molar-refractivity contribution in [1.29, 1.82) is 0 Å². The Hall–Kier alpha value is -2.14. The van der Waals surface area contributed by atoms with Gasteiger partial charge in [-0.2, -0.15) is 0 Å². The maximum atomic E-state index is 11.9. The Morgan fingerprint density at radius 2 is 2.00 bits per heavy atom. The SMILES string of the molecule is C=CC(=O)Oc1ccc(C(=O)OC2CCCCO2)cc1. The summed E-state index contributed by atoms with van der Waals surface area (Å²) in [5.74, 6) is -0.644. The third kappa shape index (κ3) is 3.93. The number of carbonyl (C=O) groups excluding carboxylic acids is 2. The third-order valence-corrected chi connectivity index (χ3v) is 2.85. The molecule has 0 amide bonds. The number of esters is 2. The molecule has 1 saturated heterocycles. The van der Waals surface area contributed by atoms with Gasteiger partial charge in [0.25, 0.3) is 0 Å². The van der Waals surface area contributed by atoms with Crippen LogP contribution in [0.25, 0.3) is 0 Å². The summed E-state index contributed by atoms with van der Waals surface area (Å²) in [5, 5.41) is 0. The molecule has 0 aliphatic carbocycles. The van der Waals surface area contributed by atoms with Crippen LogP contribution in [0, 0.1) is 0 Å². The number of carbonyl (C=O) groups is 2. The van der Waals surface area contributed by atoms with Gasteiger partial charge in [-0.3, -0.25) is 0 Å². The predicted molar refractivity (Wildman–Crippen MR) is 71.3 cm³/mol. The van der Waals surface area contributed by atoms with Crippen molar-refractivity contribution in [1.82, 2.24) is 0 Å². The van der Waals surface area contributed by atoms with Gasteiger partial charge in [-0.15, -0.1) is 0 Å². The van der Waals surface area contributed by atoms with Crippen LogP contribution in [-0.2, 0) is 14.3 Å². The van der Waals surface area contributed by atoms with Gasteiger partial charge in [0, 0.05) is 12.5 Å². The molecule has 2 rings (SSSR count). The van der Waals surface area contributed by atoms with Crippen LogP contribution in [-0.4, -0.2) is 24.8 Å². The highest BCUT2D eigenvalue weighted by Gasteiger charge is 2.19. The zero-order valence-electron chi connectivity index (χ0n) is 11.0. The van der Waals surface area contributed by atoms with Crippen LogP contribution >= 0.6 is 0 Å². The van der Waals surface area contributed by atoms with Gasteiger partial charge in [-0.05, 0) is 37.1 Å². The fraction of sp³-hybridized carbons (Fsp3) is 0.333. The molecule has 1 aliphatic rings. The van der Waals surface area contributed by atoms with E-state index in [0.29, 0.717) is 17.9 Å². The minimum absolute atomic E-state index is 0.348. The second kappa shape index (κ2) is 6.86. The van der Waals surface area contributed by atoms with Crippen molar-refractivity contribution in [2.24, 2.45) is 0 Å². The van der Waals surface area contributed by atoms with E-state index in [2.05, 4.69) is 6.58 Å². The first-order chi connectivity index (χ1) is 9.69. The van der Waals surface area contributed by atoms with Crippen molar-refractivity contribution in [2.45, 2.75) is 25.6 Å². The average molecular weight is 276 g/mol. The van der Waals surface area contributed by atoms with Crippen molar-refractivity contribution in [2.75, 3.05) is 6.61 Å². The van der Waals surface area contributed by atoms with Gasteiger partial charge >= 0.3 is 11.9 Å². The smallest absolute Gasteiger partial charge is 0.340 e. The minimum Gasteiger partial charge on any atom is -0.432 e. The summed E-state index contributed by atoms with van der Waals surface area (Å²) in [6, 6.07) is 6.13. The normalized spacial score (nSPS) is 18.1. The Kier molecular flexibility index (Phi) is 4.90. The van der Waals surface area contributed by atoms with Crippen LogP contribution in [0.15, 0.2) is 36.9 Å². The lowest BCUT2D eigenvalue weighted by molar-refractivity contribution is -0.131. The van der Waals surface area contributed by atoms with Crippen molar-refractivity contribution < 1.29 is 23.8 Å². The molecule has 0 saturated carbocycles. The number of benzene rings is 1. The highest BCUT2D eigenvalue weighted by Crippen LogP contribution is 2.17. The summed E-state index contributed by atoms with van der Waals surface area (Å²) in [7, 11) is 0. The van der Waals surface area contributed by atoms with Crippen LogP contribution < -0.4 is 4.74 Å². The van der Waals surface area contributed by atoms with E-state index < -0.39 is 18.2 Å². The lowest BCUT2D eigenvalue weighted by atomic mass is 10.2. The van der Waals surface area contributed by atoms with Crippen molar-refractivity contribution >= 4 is 11.9 Å². The predicted octanol–water partition coefficient (Wildman–Crippen LogP) is 2.46. The molecular formula is C15H16O5. The molecule has 1 aromatic rings. The number of hydrogen-bond acceptors (Lipinski definition) is 5. The zero-order chi connectivity index (χ0) is 14.4. The summed E-state index contributed by atoms with van der Waals surface area (Å²) < 4.78 is 15.5. The summed E-state index contributed by atoms with van der Waals surface area (Å²) in [6.07, 6.45) is 3.32. The Morgan fingerprint density at radius 1 is 1.25 bits per heavy atom. The van der Waals surface area contributed by atoms with Gasteiger partial charge in [0.1, 0.15) is 5.75 Å². The molecule has 1 aromatic carbocycles. The van der Waals surface area contributed by atoms with Crippen molar-refractivity contribution in [3.05, 3.63) is 42.5 Å². The quantitative estimate of drug-likeness (QED) is 0.480. The van der Waals surface area contributed by atoms with Crippen LogP contribution in [0.5, 0.6) is 5.75 Å². The molecule has 1 heterocycles. The fourth-order valence-electron chi connectivity index (χ4n) is 1.81. The van der Waals surface area contributed by atoms with Gasteiger partial charge in [0.2, 0.25) is 6.29 Å². The summed E-state index contributed by atoms with van der Waals surface area (Å²) in [5.41, 5.74) is 0.387. The van der Waals surface area contributed by atoms with Gasteiger partial charge in [-0.1, -0.05) is 6.58 Å². The standard InChI is InChI=1S/C15H16O5/c1-2-13(16)19-12-8-6-11(7-9-12)15(17)20-14-5-3-4-10-18-14/h2,6-9,14H,1,3-5,10H2.